The molecule has 0 aliphatic heterocycles. The van der Waals surface area contributed by atoms with Crippen LogP contribution in [0.5, 0.6) is 5.75 Å². The number of carbonyl (C=O) groups is 2. The lowest BCUT2D eigenvalue weighted by Crippen LogP contribution is -2.23. The molecule has 0 saturated carbocycles. The number of benzene rings is 2. The van der Waals surface area contributed by atoms with Crippen LogP contribution in [-0.2, 0) is 11.3 Å². The van der Waals surface area contributed by atoms with Gasteiger partial charge in [0.25, 0.3) is 5.91 Å². The Morgan fingerprint density at radius 1 is 1.00 bits per heavy atom. The van der Waals surface area contributed by atoms with Gasteiger partial charge in [0, 0.05) is 17.7 Å². The lowest BCUT2D eigenvalue weighted by atomic mass is 10.1. The molecule has 5 nitrogen and oxygen atoms in total. The fourth-order valence-corrected chi connectivity index (χ4v) is 2.03. The number of para-hydroxylation sites is 1. The third-order valence-electron chi connectivity index (χ3n) is 3.18. The number of carbonyl (C=O) groups excluding carboxylic acids is 2. The van der Waals surface area contributed by atoms with E-state index < -0.39 is 5.97 Å². The predicted octanol–water partition coefficient (Wildman–Crippen LogP) is 2.41. The molecular formula is C17H17NO4. The van der Waals surface area contributed by atoms with Crippen LogP contribution in [0.1, 0.15) is 26.3 Å². The van der Waals surface area contributed by atoms with E-state index in [1.54, 1.807) is 25.3 Å². The molecule has 0 atom stereocenters. The van der Waals surface area contributed by atoms with Crippen molar-refractivity contribution in [2.45, 2.75) is 6.54 Å². The summed E-state index contributed by atoms with van der Waals surface area (Å²) in [5.74, 6) is -0.0258. The molecule has 0 spiro atoms. The molecule has 0 saturated heterocycles. The summed E-state index contributed by atoms with van der Waals surface area (Å²) in [5.41, 5.74) is 1.62. The second-order valence-corrected chi connectivity index (χ2v) is 4.57. The smallest absolute Gasteiger partial charge is 0.337 e. The highest BCUT2D eigenvalue weighted by Gasteiger charge is 2.11. The Morgan fingerprint density at radius 3 is 2.45 bits per heavy atom. The van der Waals surface area contributed by atoms with Gasteiger partial charge in [0.1, 0.15) is 5.75 Å². The Morgan fingerprint density at radius 2 is 1.73 bits per heavy atom. The Hall–Kier alpha value is -2.82. The lowest BCUT2D eigenvalue weighted by Gasteiger charge is -2.10. The molecule has 0 unspecified atom stereocenters. The summed E-state index contributed by atoms with van der Waals surface area (Å²) in [5, 5.41) is 2.80. The number of ether oxygens (including phenoxy) is 2. The minimum absolute atomic E-state index is 0.267. The molecule has 5 heteroatoms. The van der Waals surface area contributed by atoms with Crippen molar-refractivity contribution in [1.29, 1.82) is 0 Å². The lowest BCUT2D eigenvalue weighted by molar-refractivity contribution is 0.0600. The van der Waals surface area contributed by atoms with Gasteiger partial charge in [0.2, 0.25) is 0 Å². The van der Waals surface area contributed by atoms with Crippen LogP contribution >= 0.6 is 0 Å². The highest BCUT2D eigenvalue weighted by atomic mass is 16.5. The van der Waals surface area contributed by atoms with Crippen molar-refractivity contribution in [2.24, 2.45) is 0 Å². The first-order valence-corrected chi connectivity index (χ1v) is 6.74. The normalized spacial score (nSPS) is 9.91. The van der Waals surface area contributed by atoms with Gasteiger partial charge in [0.15, 0.2) is 0 Å². The number of rotatable bonds is 5. The van der Waals surface area contributed by atoms with E-state index in [-0.39, 0.29) is 5.91 Å². The summed E-state index contributed by atoms with van der Waals surface area (Å²) >= 11 is 0. The van der Waals surface area contributed by atoms with E-state index in [1.165, 1.54) is 13.2 Å². The summed E-state index contributed by atoms with van der Waals surface area (Å²) in [6.45, 7) is 0.339. The van der Waals surface area contributed by atoms with Gasteiger partial charge in [-0.2, -0.15) is 0 Å². The minimum atomic E-state index is -0.473. The molecule has 0 aliphatic rings. The van der Waals surface area contributed by atoms with Crippen LogP contribution in [0.25, 0.3) is 0 Å². The second-order valence-electron chi connectivity index (χ2n) is 4.57. The standard InChI is InChI=1S/C17H17NO4/c1-21-15-9-4-3-6-14(15)11-18-16(19)12-7-5-8-13(10-12)17(20)22-2/h3-10H,11H2,1-2H3,(H,18,19). The zero-order valence-corrected chi connectivity index (χ0v) is 12.5. The Kier molecular flexibility index (Phi) is 5.14. The maximum atomic E-state index is 12.2. The van der Waals surface area contributed by atoms with Crippen LogP contribution < -0.4 is 10.1 Å². The van der Waals surface area contributed by atoms with Gasteiger partial charge in [-0.3, -0.25) is 4.79 Å². The van der Waals surface area contributed by atoms with E-state index in [1.807, 2.05) is 24.3 Å². The molecule has 0 radical (unpaired) electrons. The molecule has 1 amide bonds. The molecule has 0 heterocycles. The van der Waals surface area contributed by atoms with Crippen LogP contribution in [0.3, 0.4) is 0 Å². The molecule has 114 valence electrons. The third kappa shape index (κ3) is 3.63. The summed E-state index contributed by atoms with van der Waals surface area (Å²) in [6, 6.07) is 13.8. The van der Waals surface area contributed by atoms with Crippen molar-refractivity contribution in [3.05, 3.63) is 65.2 Å². The Labute approximate surface area is 128 Å². The van der Waals surface area contributed by atoms with Crippen molar-refractivity contribution in [2.75, 3.05) is 14.2 Å². The summed E-state index contributed by atoms with van der Waals surface area (Å²) in [7, 11) is 2.89. The van der Waals surface area contributed by atoms with Gasteiger partial charge < -0.3 is 14.8 Å². The molecule has 2 rings (SSSR count). The Bertz CT molecular complexity index is 682. The van der Waals surface area contributed by atoms with Crippen molar-refractivity contribution < 1.29 is 19.1 Å². The molecule has 0 aromatic heterocycles. The number of methoxy groups -OCH3 is 2. The number of hydrogen-bond acceptors (Lipinski definition) is 4. The predicted molar refractivity (Wildman–Crippen MR) is 81.9 cm³/mol. The second kappa shape index (κ2) is 7.26. The summed E-state index contributed by atoms with van der Waals surface area (Å²) in [6.07, 6.45) is 0. The Balaban J connectivity index is 2.08. The zero-order chi connectivity index (χ0) is 15.9. The van der Waals surface area contributed by atoms with Crippen LogP contribution in [0.2, 0.25) is 0 Å². The number of nitrogens with one attached hydrogen (secondary N) is 1. The van der Waals surface area contributed by atoms with E-state index in [0.29, 0.717) is 23.4 Å². The molecular weight excluding hydrogens is 282 g/mol. The maximum Gasteiger partial charge on any atom is 0.337 e. The van der Waals surface area contributed by atoms with Crippen LogP contribution in [0.15, 0.2) is 48.5 Å². The first-order valence-electron chi connectivity index (χ1n) is 6.74. The van der Waals surface area contributed by atoms with Crippen molar-refractivity contribution >= 4 is 11.9 Å². The van der Waals surface area contributed by atoms with Crippen LogP contribution in [-0.4, -0.2) is 26.1 Å². The molecule has 2 aromatic carbocycles. The fourth-order valence-electron chi connectivity index (χ4n) is 2.03. The van der Waals surface area contributed by atoms with E-state index >= 15 is 0 Å². The first kappa shape index (κ1) is 15.6. The molecule has 1 N–H and O–H groups in total. The quantitative estimate of drug-likeness (QED) is 0.861. The number of amides is 1. The van der Waals surface area contributed by atoms with Crippen molar-refractivity contribution in [3.63, 3.8) is 0 Å². The topological polar surface area (TPSA) is 64.6 Å². The summed E-state index contributed by atoms with van der Waals surface area (Å²) < 4.78 is 9.88. The van der Waals surface area contributed by atoms with E-state index in [4.69, 9.17) is 4.74 Å². The van der Waals surface area contributed by atoms with E-state index in [9.17, 15) is 9.59 Å². The average molecular weight is 299 g/mol. The first-order chi connectivity index (χ1) is 10.7. The largest absolute Gasteiger partial charge is 0.496 e. The van der Waals surface area contributed by atoms with Gasteiger partial charge in [-0.05, 0) is 24.3 Å². The number of esters is 1. The van der Waals surface area contributed by atoms with Crippen molar-refractivity contribution in [3.8, 4) is 5.75 Å². The minimum Gasteiger partial charge on any atom is -0.496 e. The van der Waals surface area contributed by atoms with Gasteiger partial charge in [-0.15, -0.1) is 0 Å². The van der Waals surface area contributed by atoms with Gasteiger partial charge >= 0.3 is 5.97 Å². The van der Waals surface area contributed by atoms with Gasteiger partial charge in [-0.1, -0.05) is 24.3 Å². The van der Waals surface area contributed by atoms with E-state index in [2.05, 4.69) is 10.1 Å². The van der Waals surface area contributed by atoms with Crippen LogP contribution in [0.4, 0.5) is 0 Å². The fraction of sp³-hybridized carbons (Fsp3) is 0.176. The van der Waals surface area contributed by atoms with E-state index in [0.717, 1.165) is 5.56 Å². The molecule has 0 aliphatic carbocycles. The average Bonchev–Trinajstić information content (AvgIpc) is 2.59. The van der Waals surface area contributed by atoms with Gasteiger partial charge in [-0.25, -0.2) is 4.79 Å². The zero-order valence-electron chi connectivity index (χ0n) is 12.5. The van der Waals surface area contributed by atoms with Crippen LogP contribution in [0, 0.1) is 0 Å². The highest BCUT2D eigenvalue weighted by molar-refractivity contribution is 5.97. The third-order valence-corrected chi connectivity index (χ3v) is 3.18. The maximum absolute atomic E-state index is 12.2. The molecule has 0 bridgehead atoms. The molecule has 0 fully saturated rings. The molecule has 22 heavy (non-hydrogen) atoms. The van der Waals surface area contributed by atoms with Crippen molar-refractivity contribution in [1.82, 2.24) is 5.32 Å². The summed E-state index contributed by atoms with van der Waals surface area (Å²) in [4.78, 5) is 23.7. The van der Waals surface area contributed by atoms with Gasteiger partial charge in [0.05, 0.1) is 19.8 Å². The SMILES string of the molecule is COC(=O)c1cccc(C(=O)NCc2ccccc2OC)c1. The molecule has 2 aromatic rings. The number of hydrogen-bond donors (Lipinski definition) is 1. The highest BCUT2D eigenvalue weighted by Crippen LogP contribution is 2.17. The monoisotopic (exact) mass is 299 g/mol.